The van der Waals surface area contributed by atoms with Gasteiger partial charge in [-0.05, 0) is 36.3 Å². The largest absolute Gasteiger partial charge is 0.493 e. The molecule has 0 spiro atoms. The van der Waals surface area contributed by atoms with E-state index in [9.17, 15) is 4.79 Å². The molecule has 1 aliphatic heterocycles. The van der Waals surface area contributed by atoms with Crippen molar-refractivity contribution < 1.29 is 14.3 Å². The maximum atomic E-state index is 12.5. The van der Waals surface area contributed by atoms with Gasteiger partial charge in [-0.1, -0.05) is 50.2 Å². The summed E-state index contributed by atoms with van der Waals surface area (Å²) in [6.45, 7) is 8.43. The maximum absolute atomic E-state index is 12.5. The Morgan fingerprint density at radius 3 is 2.55 bits per heavy atom. The third-order valence-corrected chi connectivity index (χ3v) is 6.49. The van der Waals surface area contributed by atoms with E-state index >= 15 is 0 Å². The average Bonchev–Trinajstić information content (AvgIpc) is 3.14. The van der Waals surface area contributed by atoms with Gasteiger partial charge < -0.3 is 19.3 Å². The summed E-state index contributed by atoms with van der Waals surface area (Å²) >= 11 is 1.68. The molecular formula is C23H30N2O3S. The molecule has 156 valence electrons. The topological polar surface area (TPSA) is 42.0 Å². The van der Waals surface area contributed by atoms with E-state index in [4.69, 9.17) is 9.47 Å². The van der Waals surface area contributed by atoms with Crippen LogP contribution in [0.3, 0.4) is 0 Å². The molecule has 0 N–H and O–H groups in total. The predicted octanol–water partition coefficient (Wildman–Crippen LogP) is 4.19. The van der Waals surface area contributed by atoms with Crippen LogP contribution in [0.1, 0.15) is 30.3 Å². The molecule has 0 aliphatic carbocycles. The summed E-state index contributed by atoms with van der Waals surface area (Å²) in [7, 11) is 1.65. The van der Waals surface area contributed by atoms with E-state index in [0.717, 1.165) is 37.3 Å². The molecule has 1 fully saturated rings. The second-order valence-corrected chi connectivity index (χ2v) is 8.03. The van der Waals surface area contributed by atoms with E-state index in [1.165, 1.54) is 0 Å². The fourth-order valence-electron chi connectivity index (χ4n) is 3.45. The van der Waals surface area contributed by atoms with Crippen molar-refractivity contribution >= 4 is 17.7 Å². The van der Waals surface area contributed by atoms with Crippen LogP contribution in [0.5, 0.6) is 11.5 Å². The summed E-state index contributed by atoms with van der Waals surface area (Å²) in [5.41, 5.74) is 2.18. The Labute approximate surface area is 178 Å². The zero-order valence-corrected chi connectivity index (χ0v) is 18.3. The van der Waals surface area contributed by atoms with Crippen molar-refractivity contribution in [3.05, 3.63) is 59.7 Å². The number of likely N-dealkylation sites (N-methyl/N-ethyl adjacent to an activating group) is 1. The number of hydrogen-bond donors (Lipinski definition) is 0. The molecular weight excluding hydrogens is 384 g/mol. The smallest absolute Gasteiger partial charge is 0.233 e. The third kappa shape index (κ3) is 5.46. The second kappa shape index (κ2) is 10.6. The number of nitrogens with zero attached hydrogens (tertiary/aromatic N) is 2. The number of ether oxygens (including phenoxy) is 2. The van der Waals surface area contributed by atoms with Gasteiger partial charge in [-0.25, -0.2) is 0 Å². The fraction of sp³-hybridized carbons (Fsp3) is 0.435. The zero-order valence-electron chi connectivity index (χ0n) is 17.5. The summed E-state index contributed by atoms with van der Waals surface area (Å²) in [6, 6.07) is 16.1. The van der Waals surface area contributed by atoms with E-state index < -0.39 is 0 Å². The van der Waals surface area contributed by atoms with Gasteiger partial charge >= 0.3 is 0 Å². The number of amides is 1. The van der Waals surface area contributed by atoms with Gasteiger partial charge in [0.25, 0.3) is 0 Å². The van der Waals surface area contributed by atoms with Gasteiger partial charge in [-0.3, -0.25) is 4.79 Å². The summed E-state index contributed by atoms with van der Waals surface area (Å²) in [6.07, 6.45) is 0. The Balaban J connectivity index is 1.71. The second-order valence-electron chi connectivity index (χ2n) is 6.96. The van der Waals surface area contributed by atoms with Gasteiger partial charge in [0, 0.05) is 13.1 Å². The first-order valence-electron chi connectivity index (χ1n) is 10.1. The van der Waals surface area contributed by atoms with Gasteiger partial charge in [-0.2, -0.15) is 0 Å². The van der Waals surface area contributed by atoms with Crippen LogP contribution in [0.2, 0.25) is 0 Å². The monoisotopic (exact) mass is 414 g/mol. The number of thioether (sulfide) groups is 1. The van der Waals surface area contributed by atoms with Gasteiger partial charge in [0.1, 0.15) is 12.0 Å². The van der Waals surface area contributed by atoms with Crippen molar-refractivity contribution in [1.29, 1.82) is 0 Å². The highest BCUT2D eigenvalue weighted by Gasteiger charge is 2.33. The summed E-state index contributed by atoms with van der Waals surface area (Å²) < 4.78 is 11.6. The highest BCUT2D eigenvalue weighted by molar-refractivity contribution is 8.00. The molecule has 2 aromatic carbocycles. The number of carbonyl (C=O) groups excluding carboxylic acids is 1. The van der Waals surface area contributed by atoms with Crippen LogP contribution in [0.25, 0.3) is 0 Å². The molecule has 1 atom stereocenters. The molecule has 0 aromatic heterocycles. The quantitative estimate of drug-likeness (QED) is 0.583. The lowest BCUT2D eigenvalue weighted by Gasteiger charge is -2.28. The van der Waals surface area contributed by atoms with Crippen molar-refractivity contribution in [2.24, 2.45) is 0 Å². The molecule has 2 aromatic rings. The highest BCUT2D eigenvalue weighted by Crippen LogP contribution is 2.41. The molecule has 0 saturated carbocycles. The fourth-order valence-corrected chi connectivity index (χ4v) is 4.66. The highest BCUT2D eigenvalue weighted by atomic mass is 32.2. The summed E-state index contributed by atoms with van der Waals surface area (Å²) in [4.78, 5) is 16.8. The van der Waals surface area contributed by atoms with Crippen LogP contribution in [-0.2, 0) is 11.4 Å². The number of hydrogen-bond acceptors (Lipinski definition) is 5. The Morgan fingerprint density at radius 1 is 1.10 bits per heavy atom. The number of carbonyl (C=O) groups is 1. The number of rotatable bonds is 10. The first-order valence-corrected chi connectivity index (χ1v) is 11.2. The average molecular weight is 415 g/mol. The van der Waals surface area contributed by atoms with E-state index in [1.807, 2.05) is 53.4 Å². The molecule has 0 bridgehead atoms. The molecule has 1 amide bonds. The molecule has 1 unspecified atom stereocenters. The van der Waals surface area contributed by atoms with Crippen LogP contribution in [0.4, 0.5) is 0 Å². The van der Waals surface area contributed by atoms with Crippen LogP contribution >= 0.6 is 11.8 Å². The molecule has 29 heavy (non-hydrogen) atoms. The van der Waals surface area contributed by atoms with Crippen molar-refractivity contribution in [3.8, 4) is 11.5 Å². The minimum atomic E-state index is 0.0233. The summed E-state index contributed by atoms with van der Waals surface area (Å²) in [5.74, 6) is 2.14. The van der Waals surface area contributed by atoms with Crippen LogP contribution in [0, 0.1) is 0 Å². The van der Waals surface area contributed by atoms with Crippen LogP contribution in [0.15, 0.2) is 48.5 Å². The van der Waals surface area contributed by atoms with E-state index in [1.54, 1.807) is 18.9 Å². The van der Waals surface area contributed by atoms with Gasteiger partial charge in [0.05, 0.1) is 12.9 Å². The van der Waals surface area contributed by atoms with E-state index in [0.29, 0.717) is 23.9 Å². The lowest BCUT2D eigenvalue weighted by atomic mass is 10.1. The van der Waals surface area contributed by atoms with Gasteiger partial charge in [-0.15, -0.1) is 11.8 Å². The predicted molar refractivity (Wildman–Crippen MR) is 118 cm³/mol. The van der Waals surface area contributed by atoms with Gasteiger partial charge in [0.2, 0.25) is 5.91 Å². The van der Waals surface area contributed by atoms with Crippen molar-refractivity contribution in [2.75, 3.05) is 39.0 Å². The molecule has 5 nitrogen and oxygen atoms in total. The Bertz CT molecular complexity index is 796. The number of benzene rings is 2. The Hall–Kier alpha value is -2.18. The molecule has 1 aliphatic rings. The SMILES string of the molecule is CCN(CC)CCN1C(=O)CSC1c1ccc(OCc2ccccc2)c(OC)c1. The Morgan fingerprint density at radius 2 is 1.86 bits per heavy atom. The standard InChI is InChI=1S/C23H30N2O3S/c1-4-24(5-2)13-14-25-22(26)17-29-23(25)19-11-12-20(21(15-19)27-3)28-16-18-9-7-6-8-10-18/h6-12,15,23H,4-5,13-14,16-17H2,1-3H3. The molecule has 3 rings (SSSR count). The van der Waals surface area contributed by atoms with Crippen LogP contribution in [-0.4, -0.2) is 54.7 Å². The molecule has 0 radical (unpaired) electrons. The molecule has 1 saturated heterocycles. The lowest BCUT2D eigenvalue weighted by molar-refractivity contribution is -0.128. The van der Waals surface area contributed by atoms with Crippen LogP contribution < -0.4 is 9.47 Å². The zero-order chi connectivity index (χ0) is 20.6. The van der Waals surface area contributed by atoms with E-state index in [-0.39, 0.29) is 11.3 Å². The first-order chi connectivity index (χ1) is 14.2. The van der Waals surface area contributed by atoms with Crippen molar-refractivity contribution in [1.82, 2.24) is 9.80 Å². The summed E-state index contributed by atoms with van der Waals surface area (Å²) in [5, 5.41) is 0.0233. The normalized spacial score (nSPS) is 16.5. The van der Waals surface area contributed by atoms with Gasteiger partial charge in [0.15, 0.2) is 11.5 Å². The van der Waals surface area contributed by atoms with E-state index in [2.05, 4.69) is 18.7 Å². The van der Waals surface area contributed by atoms with Crippen molar-refractivity contribution in [3.63, 3.8) is 0 Å². The maximum Gasteiger partial charge on any atom is 0.233 e. The lowest BCUT2D eigenvalue weighted by Crippen LogP contribution is -2.37. The molecule has 1 heterocycles. The number of methoxy groups -OCH3 is 1. The third-order valence-electron chi connectivity index (χ3n) is 5.23. The minimum absolute atomic E-state index is 0.0233. The minimum Gasteiger partial charge on any atom is -0.493 e. The Kier molecular flexibility index (Phi) is 7.83. The first kappa shape index (κ1) is 21.5. The van der Waals surface area contributed by atoms with Crippen molar-refractivity contribution in [2.45, 2.75) is 25.8 Å². The molecule has 6 heteroatoms.